The van der Waals surface area contributed by atoms with Crippen molar-refractivity contribution >= 4 is 43.1 Å². The van der Waals surface area contributed by atoms with Crippen LogP contribution in [0.1, 0.15) is 0 Å². The molecule has 0 atom stereocenters. The van der Waals surface area contributed by atoms with Gasteiger partial charge in [0.25, 0.3) is 0 Å². The predicted molar refractivity (Wildman–Crippen MR) is 240 cm³/mol. The van der Waals surface area contributed by atoms with Crippen LogP contribution in [0.3, 0.4) is 0 Å². The van der Waals surface area contributed by atoms with E-state index >= 15 is 0 Å². The van der Waals surface area contributed by atoms with Gasteiger partial charge in [-0.15, -0.1) is 0 Å². The maximum absolute atomic E-state index is 2.50. The quantitative estimate of drug-likeness (QED) is 0.119. The third-order valence-corrected chi connectivity index (χ3v) is 11.6. The first-order valence-electron chi connectivity index (χ1n) is 19.4. The van der Waals surface area contributed by atoms with Gasteiger partial charge in [-0.3, -0.25) is 0 Å². The van der Waals surface area contributed by atoms with Crippen molar-refractivity contribution in [2.45, 2.75) is 0 Å². The summed E-state index contributed by atoms with van der Waals surface area (Å²) in [4.78, 5) is 0. The summed E-state index contributed by atoms with van der Waals surface area (Å²) in [6.45, 7) is 0. The number of hydrogen-bond donors (Lipinski definition) is 0. The van der Waals surface area contributed by atoms with Crippen molar-refractivity contribution in [3.05, 3.63) is 218 Å². The van der Waals surface area contributed by atoms with Crippen molar-refractivity contribution in [3.63, 3.8) is 0 Å². The molecule has 0 aromatic heterocycles. The minimum absolute atomic E-state index is 1.19. The van der Waals surface area contributed by atoms with Gasteiger partial charge in [-0.25, -0.2) is 0 Å². The van der Waals surface area contributed by atoms with Crippen molar-refractivity contribution in [2.24, 2.45) is 0 Å². The van der Waals surface area contributed by atoms with Crippen molar-refractivity contribution in [1.82, 2.24) is 0 Å². The molecule has 56 heavy (non-hydrogen) atoms. The van der Waals surface area contributed by atoms with Gasteiger partial charge in [0, 0.05) is 0 Å². The van der Waals surface area contributed by atoms with Crippen molar-refractivity contribution in [3.8, 4) is 66.8 Å². The van der Waals surface area contributed by atoms with E-state index in [1.807, 2.05) is 0 Å². The van der Waals surface area contributed by atoms with Crippen molar-refractivity contribution in [2.75, 3.05) is 0 Å². The van der Waals surface area contributed by atoms with Gasteiger partial charge >= 0.3 is 0 Å². The second-order valence-electron chi connectivity index (χ2n) is 14.7. The number of benzene rings is 11. The fraction of sp³-hybridized carbons (Fsp3) is 0. The maximum Gasteiger partial charge on any atom is -0.00134 e. The first-order valence-corrected chi connectivity index (χ1v) is 19.4. The fourth-order valence-corrected chi connectivity index (χ4v) is 9.31. The van der Waals surface area contributed by atoms with Gasteiger partial charge in [0.15, 0.2) is 0 Å². The van der Waals surface area contributed by atoms with Crippen LogP contribution in [0.4, 0.5) is 0 Å². The molecule has 0 unspecified atom stereocenters. The smallest absolute Gasteiger partial charge is 0.00134 e. The third kappa shape index (κ3) is 5.08. The maximum atomic E-state index is 2.50. The molecule has 0 N–H and O–H groups in total. The second-order valence-corrected chi connectivity index (χ2v) is 14.7. The van der Waals surface area contributed by atoms with Gasteiger partial charge in [-0.1, -0.05) is 206 Å². The van der Waals surface area contributed by atoms with E-state index in [0.29, 0.717) is 0 Å². The monoisotopic (exact) mass is 708 g/mol. The van der Waals surface area contributed by atoms with Crippen LogP contribution in [0.15, 0.2) is 218 Å². The summed E-state index contributed by atoms with van der Waals surface area (Å²) in [7, 11) is 0. The second kappa shape index (κ2) is 13.2. The molecule has 0 nitrogen and oxygen atoms in total. The summed E-state index contributed by atoms with van der Waals surface area (Å²) in [5.74, 6) is 0. The first kappa shape index (κ1) is 32.2. The zero-order valence-corrected chi connectivity index (χ0v) is 30.8. The van der Waals surface area contributed by atoms with Crippen LogP contribution in [0.25, 0.3) is 110 Å². The molecule has 0 heterocycles. The Bertz CT molecular complexity index is 3070. The standard InChI is InChI=1S/C56H36/c1-6-19-38(20-7-1)51-52(39-21-8-2-9-22-39)54(41-25-12-4-13-26-41)56(55(42-27-14-5-15-28-42)53(51)40-23-10-3-11-24-40)44-35-43-31-18-33-46-45-32-16-29-37-30-17-34-47(49(37)45)48(36-44)50(43)46/h1-36H. The lowest BCUT2D eigenvalue weighted by molar-refractivity contribution is 1.52. The zero-order valence-electron chi connectivity index (χ0n) is 30.8. The highest BCUT2D eigenvalue weighted by Gasteiger charge is 2.29. The van der Waals surface area contributed by atoms with Crippen LogP contribution >= 0.6 is 0 Å². The molecule has 11 aromatic carbocycles. The van der Waals surface area contributed by atoms with Gasteiger partial charge in [0.2, 0.25) is 0 Å². The highest BCUT2D eigenvalue weighted by atomic mass is 14.3. The molecule has 0 radical (unpaired) electrons. The highest BCUT2D eigenvalue weighted by Crippen LogP contribution is 2.56. The summed E-state index contributed by atoms with van der Waals surface area (Å²) in [6.07, 6.45) is 0. The number of hydrogen-bond acceptors (Lipinski definition) is 0. The minimum Gasteiger partial charge on any atom is -0.0622 e. The van der Waals surface area contributed by atoms with Crippen LogP contribution in [-0.2, 0) is 0 Å². The molecule has 0 heteroatoms. The molecule has 0 aliphatic heterocycles. The molecule has 260 valence electrons. The zero-order chi connectivity index (χ0) is 37.0. The van der Waals surface area contributed by atoms with Gasteiger partial charge in [-0.2, -0.15) is 0 Å². The predicted octanol–water partition coefficient (Wildman–Crippen LogP) is 15.7. The average molecular weight is 709 g/mol. The normalized spacial score (nSPS) is 11.6. The molecule has 11 aromatic rings. The van der Waals surface area contributed by atoms with Crippen LogP contribution in [0.2, 0.25) is 0 Å². The Kier molecular flexibility index (Phi) is 7.60. The molecule has 0 amide bonds. The van der Waals surface area contributed by atoms with Gasteiger partial charge < -0.3 is 0 Å². The molecule has 0 saturated carbocycles. The number of fused-ring (bicyclic) bond motifs is 2. The van der Waals surface area contributed by atoms with Crippen LogP contribution in [-0.4, -0.2) is 0 Å². The highest BCUT2D eigenvalue weighted by molar-refractivity contribution is 6.33. The first-order chi connectivity index (χ1) is 27.8. The summed E-state index contributed by atoms with van der Waals surface area (Å²) in [6, 6.07) is 80.5. The lowest BCUT2D eigenvalue weighted by Crippen LogP contribution is -2.02. The Labute approximate surface area is 326 Å². The largest absolute Gasteiger partial charge is 0.0622 e. The molecule has 0 saturated heterocycles. The summed E-state index contributed by atoms with van der Waals surface area (Å²) in [5, 5.41) is 10.3. The van der Waals surface area contributed by atoms with Crippen LogP contribution in [0.5, 0.6) is 0 Å². The summed E-state index contributed by atoms with van der Waals surface area (Å²) < 4.78 is 0. The topological polar surface area (TPSA) is 0 Å². The van der Waals surface area contributed by atoms with E-state index < -0.39 is 0 Å². The van der Waals surface area contributed by atoms with Gasteiger partial charge in [0.1, 0.15) is 0 Å². The summed E-state index contributed by atoms with van der Waals surface area (Å²) >= 11 is 0. The van der Waals surface area contributed by atoms with E-state index in [-0.39, 0.29) is 0 Å². The Morgan fingerprint density at radius 2 is 0.464 bits per heavy atom. The molecular weight excluding hydrogens is 673 g/mol. The van der Waals surface area contributed by atoms with E-state index in [9.17, 15) is 0 Å². The van der Waals surface area contributed by atoms with Gasteiger partial charge in [0.05, 0.1) is 0 Å². The molecular formula is C56H36. The molecule has 0 bridgehead atoms. The van der Waals surface area contributed by atoms with E-state index in [2.05, 4.69) is 218 Å². The summed E-state index contributed by atoms with van der Waals surface area (Å²) in [5.41, 5.74) is 14.5. The lowest BCUT2D eigenvalue weighted by Gasteiger charge is -2.29. The van der Waals surface area contributed by atoms with Gasteiger partial charge in [-0.05, 0) is 122 Å². The fourth-order valence-electron chi connectivity index (χ4n) is 9.31. The lowest BCUT2D eigenvalue weighted by atomic mass is 9.73. The van der Waals surface area contributed by atoms with Crippen LogP contribution < -0.4 is 0 Å². The molecule has 11 rings (SSSR count). The number of rotatable bonds is 6. The molecule has 0 aliphatic rings. The SMILES string of the molecule is c1ccc(-c2c(-c3ccccc3)c(-c3ccccc3)c(-c3cc4cccc5c6cccc7cccc(c(c3)c45)c76)c(-c3ccccc3)c2-c2ccccc2)cc1. The minimum atomic E-state index is 1.19. The van der Waals surface area contributed by atoms with E-state index in [0.717, 1.165) is 0 Å². The van der Waals surface area contributed by atoms with E-state index in [1.165, 1.54) is 110 Å². The third-order valence-electron chi connectivity index (χ3n) is 11.6. The Morgan fingerprint density at radius 3 is 0.821 bits per heavy atom. The van der Waals surface area contributed by atoms with Crippen molar-refractivity contribution < 1.29 is 0 Å². The van der Waals surface area contributed by atoms with E-state index in [1.54, 1.807) is 0 Å². The Morgan fingerprint density at radius 1 is 0.179 bits per heavy atom. The Balaban J connectivity index is 1.43. The van der Waals surface area contributed by atoms with Crippen molar-refractivity contribution in [1.29, 1.82) is 0 Å². The molecule has 0 aliphatic carbocycles. The van der Waals surface area contributed by atoms with Crippen LogP contribution in [0, 0.1) is 0 Å². The molecule has 0 spiro atoms. The Hall–Kier alpha value is -7.28. The average Bonchev–Trinajstić information content (AvgIpc) is 3.28. The molecule has 0 fully saturated rings. The van der Waals surface area contributed by atoms with E-state index in [4.69, 9.17) is 0 Å².